The standard InChI is InChI=1S/C19H28N2O3/c1-14(2)19(23)13-21(15(3)22)12-16-4-6-17(7-5-16)24-18-8-10-20-11-9-18/h4-7,14,18,20H,8-13H2,1-3H3. The molecule has 1 aliphatic rings. The number of benzene rings is 1. The van der Waals surface area contributed by atoms with Gasteiger partial charge < -0.3 is 15.0 Å². The molecule has 0 radical (unpaired) electrons. The predicted octanol–water partition coefficient (Wildman–Crippen LogP) is 2.39. The molecule has 1 aliphatic heterocycles. The van der Waals surface area contributed by atoms with E-state index in [2.05, 4.69) is 5.32 Å². The van der Waals surface area contributed by atoms with Gasteiger partial charge >= 0.3 is 0 Å². The van der Waals surface area contributed by atoms with E-state index in [1.165, 1.54) is 6.92 Å². The molecule has 1 fully saturated rings. The van der Waals surface area contributed by atoms with Crippen LogP contribution in [0.15, 0.2) is 24.3 Å². The molecule has 1 saturated heterocycles. The van der Waals surface area contributed by atoms with Gasteiger partial charge in [0.25, 0.3) is 0 Å². The number of Topliss-reactive ketones (excluding diaryl/α,β-unsaturated/α-hetero) is 1. The quantitative estimate of drug-likeness (QED) is 0.833. The van der Waals surface area contributed by atoms with Gasteiger partial charge in [-0.2, -0.15) is 0 Å². The summed E-state index contributed by atoms with van der Waals surface area (Å²) in [6, 6.07) is 7.82. The summed E-state index contributed by atoms with van der Waals surface area (Å²) in [7, 11) is 0. The third-order valence-corrected chi connectivity index (χ3v) is 4.32. The lowest BCUT2D eigenvalue weighted by Crippen LogP contribution is -2.35. The number of ketones is 1. The molecular formula is C19H28N2O3. The van der Waals surface area contributed by atoms with E-state index in [0.717, 1.165) is 37.2 Å². The van der Waals surface area contributed by atoms with E-state index in [9.17, 15) is 9.59 Å². The molecule has 2 rings (SSSR count). The van der Waals surface area contributed by atoms with Gasteiger partial charge in [0.05, 0.1) is 6.54 Å². The topological polar surface area (TPSA) is 58.6 Å². The van der Waals surface area contributed by atoms with Gasteiger partial charge in [0.2, 0.25) is 5.91 Å². The number of hydrogen-bond donors (Lipinski definition) is 1. The van der Waals surface area contributed by atoms with Crippen LogP contribution in [0.25, 0.3) is 0 Å². The molecule has 132 valence electrons. The lowest BCUT2D eigenvalue weighted by molar-refractivity contribution is -0.135. The summed E-state index contributed by atoms with van der Waals surface area (Å²) in [6.45, 7) is 7.82. The van der Waals surface area contributed by atoms with Gasteiger partial charge in [-0.05, 0) is 43.6 Å². The van der Waals surface area contributed by atoms with Crippen LogP contribution in [-0.4, -0.2) is 42.3 Å². The van der Waals surface area contributed by atoms with Crippen molar-refractivity contribution in [2.45, 2.75) is 46.3 Å². The van der Waals surface area contributed by atoms with Crippen LogP contribution in [0.4, 0.5) is 0 Å². The molecule has 1 aromatic carbocycles. The highest BCUT2D eigenvalue weighted by molar-refractivity contribution is 5.86. The first-order chi connectivity index (χ1) is 11.5. The third-order valence-electron chi connectivity index (χ3n) is 4.32. The Bertz CT molecular complexity index is 548. The Balaban J connectivity index is 1.93. The zero-order valence-electron chi connectivity index (χ0n) is 14.9. The zero-order valence-corrected chi connectivity index (χ0v) is 14.9. The van der Waals surface area contributed by atoms with Gasteiger partial charge in [-0.3, -0.25) is 9.59 Å². The van der Waals surface area contributed by atoms with Gasteiger partial charge in [-0.25, -0.2) is 0 Å². The Hall–Kier alpha value is -1.88. The molecule has 0 bridgehead atoms. The number of nitrogens with zero attached hydrogens (tertiary/aromatic N) is 1. The fourth-order valence-corrected chi connectivity index (χ4v) is 2.65. The molecule has 1 aromatic rings. The molecule has 1 amide bonds. The highest BCUT2D eigenvalue weighted by Gasteiger charge is 2.17. The van der Waals surface area contributed by atoms with Crippen molar-refractivity contribution in [3.63, 3.8) is 0 Å². The molecule has 0 saturated carbocycles. The first-order valence-corrected chi connectivity index (χ1v) is 8.70. The number of nitrogens with one attached hydrogen (secondary N) is 1. The molecule has 0 aromatic heterocycles. The van der Waals surface area contributed by atoms with Crippen molar-refractivity contribution in [2.75, 3.05) is 19.6 Å². The van der Waals surface area contributed by atoms with Crippen molar-refractivity contribution >= 4 is 11.7 Å². The Morgan fingerprint density at radius 2 is 1.83 bits per heavy atom. The molecular weight excluding hydrogens is 304 g/mol. The maximum Gasteiger partial charge on any atom is 0.220 e. The number of piperidine rings is 1. The molecule has 0 atom stereocenters. The Labute approximate surface area is 144 Å². The largest absolute Gasteiger partial charge is 0.490 e. The molecule has 0 aliphatic carbocycles. The lowest BCUT2D eigenvalue weighted by Gasteiger charge is -2.24. The highest BCUT2D eigenvalue weighted by Crippen LogP contribution is 2.18. The van der Waals surface area contributed by atoms with Gasteiger partial charge in [0.1, 0.15) is 11.9 Å². The van der Waals surface area contributed by atoms with Gasteiger partial charge in [-0.1, -0.05) is 26.0 Å². The number of carbonyl (C=O) groups is 2. The number of amides is 1. The van der Waals surface area contributed by atoms with Crippen molar-refractivity contribution in [1.82, 2.24) is 10.2 Å². The molecule has 1 heterocycles. The molecule has 0 unspecified atom stereocenters. The van der Waals surface area contributed by atoms with Crippen molar-refractivity contribution < 1.29 is 14.3 Å². The summed E-state index contributed by atoms with van der Waals surface area (Å²) in [6.07, 6.45) is 2.32. The average molecular weight is 332 g/mol. The SMILES string of the molecule is CC(=O)N(CC(=O)C(C)C)Cc1ccc(OC2CCNCC2)cc1. The third kappa shape index (κ3) is 5.64. The summed E-state index contributed by atoms with van der Waals surface area (Å²) in [5.74, 6) is 0.793. The molecule has 5 nitrogen and oxygen atoms in total. The van der Waals surface area contributed by atoms with E-state index in [4.69, 9.17) is 4.74 Å². The number of hydrogen-bond acceptors (Lipinski definition) is 4. The van der Waals surface area contributed by atoms with Crippen LogP contribution in [-0.2, 0) is 16.1 Å². The van der Waals surface area contributed by atoms with Crippen molar-refractivity contribution in [3.8, 4) is 5.75 Å². The summed E-state index contributed by atoms with van der Waals surface area (Å²) in [5, 5.41) is 3.32. The summed E-state index contributed by atoms with van der Waals surface area (Å²) < 4.78 is 5.98. The molecule has 0 spiro atoms. The van der Waals surface area contributed by atoms with Crippen molar-refractivity contribution in [1.29, 1.82) is 0 Å². The van der Waals surface area contributed by atoms with E-state index >= 15 is 0 Å². The smallest absolute Gasteiger partial charge is 0.220 e. The van der Waals surface area contributed by atoms with Crippen LogP contribution in [0.5, 0.6) is 5.75 Å². The van der Waals surface area contributed by atoms with Gasteiger partial charge in [-0.15, -0.1) is 0 Å². The van der Waals surface area contributed by atoms with E-state index in [0.29, 0.717) is 6.54 Å². The van der Waals surface area contributed by atoms with E-state index in [-0.39, 0.29) is 30.3 Å². The second-order valence-corrected chi connectivity index (χ2v) is 6.71. The Morgan fingerprint density at radius 1 is 1.21 bits per heavy atom. The normalized spacial score (nSPS) is 15.3. The fourth-order valence-electron chi connectivity index (χ4n) is 2.65. The second-order valence-electron chi connectivity index (χ2n) is 6.71. The van der Waals surface area contributed by atoms with Crippen LogP contribution in [0.2, 0.25) is 0 Å². The number of carbonyl (C=O) groups excluding carboxylic acids is 2. The van der Waals surface area contributed by atoms with Crippen LogP contribution < -0.4 is 10.1 Å². The zero-order chi connectivity index (χ0) is 17.5. The number of rotatable bonds is 7. The minimum Gasteiger partial charge on any atom is -0.490 e. The van der Waals surface area contributed by atoms with E-state index in [1.54, 1.807) is 4.90 Å². The van der Waals surface area contributed by atoms with Crippen LogP contribution in [0, 0.1) is 5.92 Å². The van der Waals surface area contributed by atoms with E-state index in [1.807, 2.05) is 38.1 Å². The maximum atomic E-state index is 11.9. The van der Waals surface area contributed by atoms with Gasteiger partial charge in [0, 0.05) is 19.4 Å². The Morgan fingerprint density at radius 3 is 2.38 bits per heavy atom. The Kier molecular flexibility index (Phi) is 6.79. The van der Waals surface area contributed by atoms with Crippen LogP contribution in [0.3, 0.4) is 0 Å². The summed E-state index contributed by atoms with van der Waals surface area (Å²) in [4.78, 5) is 25.3. The predicted molar refractivity (Wildman–Crippen MR) is 93.9 cm³/mol. The molecule has 24 heavy (non-hydrogen) atoms. The van der Waals surface area contributed by atoms with Gasteiger partial charge in [0.15, 0.2) is 5.78 Å². The molecule has 5 heteroatoms. The minimum absolute atomic E-state index is 0.0624. The first-order valence-electron chi connectivity index (χ1n) is 8.70. The maximum absolute atomic E-state index is 11.9. The van der Waals surface area contributed by atoms with Crippen LogP contribution >= 0.6 is 0 Å². The first kappa shape index (κ1) is 18.5. The van der Waals surface area contributed by atoms with Crippen molar-refractivity contribution in [3.05, 3.63) is 29.8 Å². The molecule has 1 N–H and O–H groups in total. The second kappa shape index (κ2) is 8.83. The number of ether oxygens (including phenoxy) is 1. The average Bonchev–Trinajstić information content (AvgIpc) is 2.56. The van der Waals surface area contributed by atoms with Crippen LogP contribution in [0.1, 0.15) is 39.2 Å². The van der Waals surface area contributed by atoms with E-state index < -0.39 is 0 Å². The monoisotopic (exact) mass is 332 g/mol. The fraction of sp³-hybridized carbons (Fsp3) is 0.579. The minimum atomic E-state index is -0.0842. The lowest BCUT2D eigenvalue weighted by atomic mass is 10.1. The highest BCUT2D eigenvalue weighted by atomic mass is 16.5. The van der Waals surface area contributed by atoms with Crippen molar-refractivity contribution in [2.24, 2.45) is 5.92 Å². The summed E-state index contributed by atoms with van der Waals surface area (Å²) in [5.41, 5.74) is 0.999. The summed E-state index contributed by atoms with van der Waals surface area (Å²) >= 11 is 0.